The van der Waals surface area contributed by atoms with Crippen LogP contribution in [0.15, 0.2) is 0 Å². The highest BCUT2D eigenvalue weighted by Crippen LogP contribution is 2.52. The van der Waals surface area contributed by atoms with Gasteiger partial charge in [0.25, 0.3) is 0 Å². The molecule has 0 aromatic rings. The van der Waals surface area contributed by atoms with Crippen molar-refractivity contribution in [3.8, 4) is 0 Å². The van der Waals surface area contributed by atoms with E-state index in [1.807, 2.05) is 0 Å². The van der Waals surface area contributed by atoms with Gasteiger partial charge in [-0.15, -0.1) is 0 Å². The summed E-state index contributed by atoms with van der Waals surface area (Å²) in [6.07, 6.45) is -0.242. The van der Waals surface area contributed by atoms with Gasteiger partial charge in [-0.1, -0.05) is 0 Å². The van der Waals surface area contributed by atoms with Crippen molar-refractivity contribution in [1.82, 2.24) is 4.67 Å². The molecule has 8 nitrogen and oxygen atoms in total. The van der Waals surface area contributed by atoms with Crippen molar-refractivity contribution in [2.45, 2.75) is 12.1 Å². The minimum Gasteiger partial charge on any atom is -0.324 e. The normalized spacial score (nSPS) is 24.4. The summed E-state index contributed by atoms with van der Waals surface area (Å²) in [7, 11) is -9.35. The van der Waals surface area contributed by atoms with Crippen LogP contribution in [0.5, 0.6) is 0 Å². The Morgan fingerprint density at radius 3 is 1.93 bits per heavy atom. The predicted octanol–water partition coefficient (Wildman–Crippen LogP) is -1.14. The van der Waals surface area contributed by atoms with Crippen LogP contribution in [0.1, 0.15) is 6.42 Å². The summed E-state index contributed by atoms with van der Waals surface area (Å²) < 4.78 is 21.6. The van der Waals surface area contributed by atoms with E-state index >= 15 is 0 Å². The Kier molecular flexibility index (Phi) is 2.89. The summed E-state index contributed by atoms with van der Waals surface area (Å²) in [5, 5.41) is 0. The lowest BCUT2D eigenvalue weighted by Gasteiger charge is -2.17. The number of hydrogen-bond donors (Lipinski definition) is 4. The fourth-order valence-corrected chi connectivity index (χ4v) is 2.96. The minimum atomic E-state index is -4.74. The van der Waals surface area contributed by atoms with E-state index in [0.29, 0.717) is 0 Å². The van der Waals surface area contributed by atoms with E-state index in [1.54, 1.807) is 0 Å². The molecule has 1 rings (SSSR count). The first-order chi connectivity index (χ1) is 6.14. The lowest BCUT2D eigenvalue weighted by molar-refractivity contribution is -0.124. The quantitative estimate of drug-likeness (QED) is 0.451. The Morgan fingerprint density at radius 1 is 1.21 bits per heavy atom. The van der Waals surface area contributed by atoms with Gasteiger partial charge in [-0.05, 0) is 6.42 Å². The Bertz CT molecular complexity index is 310. The molecule has 14 heavy (non-hydrogen) atoms. The highest BCUT2D eigenvalue weighted by molar-refractivity contribution is 7.54. The first-order valence-electron chi connectivity index (χ1n) is 3.56. The number of carbonyl (C=O) groups is 1. The number of rotatable bonds is 2. The Hall–Kier alpha value is -0.230. The Balaban J connectivity index is 2.91. The molecule has 10 heteroatoms. The molecule has 1 saturated heterocycles. The Labute approximate surface area is 78.9 Å². The van der Waals surface area contributed by atoms with E-state index in [2.05, 4.69) is 0 Å². The fraction of sp³-hybridized carbons (Fsp3) is 0.750. The van der Waals surface area contributed by atoms with Crippen molar-refractivity contribution in [3.63, 3.8) is 0 Å². The van der Waals surface area contributed by atoms with Gasteiger partial charge in [0.05, 0.1) is 0 Å². The minimum absolute atomic E-state index is 0.191. The van der Waals surface area contributed by atoms with Gasteiger partial charge in [0.2, 0.25) is 5.91 Å². The molecule has 1 fully saturated rings. The highest BCUT2D eigenvalue weighted by atomic mass is 31.2. The lowest BCUT2D eigenvalue weighted by atomic mass is 10.4. The SMILES string of the molecule is O=C1C(P(=O)(O)O)CCN1P(=O)(O)O. The molecule has 1 heterocycles. The van der Waals surface area contributed by atoms with Crippen molar-refractivity contribution in [1.29, 1.82) is 0 Å². The van der Waals surface area contributed by atoms with Crippen LogP contribution in [0, 0.1) is 0 Å². The summed E-state index contributed by atoms with van der Waals surface area (Å²) >= 11 is 0. The number of amides is 1. The van der Waals surface area contributed by atoms with Crippen molar-refractivity contribution in [2.24, 2.45) is 0 Å². The summed E-state index contributed by atoms with van der Waals surface area (Å²) in [5.74, 6) is -1.19. The maximum atomic E-state index is 11.1. The van der Waals surface area contributed by atoms with Crippen molar-refractivity contribution >= 4 is 21.2 Å². The van der Waals surface area contributed by atoms with Gasteiger partial charge in [-0.25, -0.2) is 9.24 Å². The van der Waals surface area contributed by atoms with E-state index in [-0.39, 0.29) is 17.6 Å². The van der Waals surface area contributed by atoms with Gasteiger partial charge < -0.3 is 19.6 Å². The Morgan fingerprint density at radius 2 is 1.71 bits per heavy atom. The van der Waals surface area contributed by atoms with Crippen LogP contribution in [-0.2, 0) is 13.9 Å². The summed E-state index contributed by atoms with van der Waals surface area (Å²) in [6, 6.07) is 0. The standard InChI is InChI=1S/C4H9NO7P2/c6-4-3(13(7,8)9)1-2-5(4)14(10,11)12/h3H,1-2H2,(H2,7,8,9)(H2,10,11,12). The first-order valence-corrected chi connectivity index (χ1v) is 6.81. The van der Waals surface area contributed by atoms with Crippen LogP contribution in [0.3, 0.4) is 0 Å². The molecule has 1 aliphatic heterocycles. The number of carbonyl (C=O) groups excluding carboxylic acids is 1. The zero-order chi connectivity index (χ0) is 11.1. The van der Waals surface area contributed by atoms with Gasteiger partial charge >= 0.3 is 15.3 Å². The highest BCUT2D eigenvalue weighted by Gasteiger charge is 2.48. The van der Waals surface area contributed by atoms with E-state index in [4.69, 9.17) is 19.6 Å². The fourth-order valence-electron chi connectivity index (χ4n) is 1.22. The van der Waals surface area contributed by atoms with Crippen molar-refractivity contribution in [3.05, 3.63) is 0 Å². The first kappa shape index (κ1) is 11.8. The second-order valence-electron chi connectivity index (χ2n) is 2.87. The van der Waals surface area contributed by atoms with Gasteiger partial charge in [0.1, 0.15) is 5.66 Å². The van der Waals surface area contributed by atoms with E-state index < -0.39 is 26.9 Å². The molecule has 0 aromatic carbocycles. The van der Waals surface area contributed by atoms with Crippen LogP contribution in [0.25, 0.3) is 0 Å². The van der Waals surface area contributed by atoms with Gasteiger partial charge in [-0.3, -0.25) is 9.36 Å². The molecule has 1 unspecified atom stereocenters. The summed E-state index contributed by atoms with van der Waals surface area (Å²) in [6.45, 7) is -0.334. The molecule has 0 aliphatic carbocycles. The number of hydrogen-bond acceptors (Lipinski definition) is 3. The third-order valence-electron chi connectivity index (χ3n) is 1.87. The summed E-state index contributed by atoms with van der Waals surface area (Å²) in [5.41, 5.74) is -1.62. The zero-order valence-corrected chi connectivity index (χ0v) is 8.64. The average Bonchev–Trinajstić information content (AvgIpc) is 2.26. The zero-order valence-electron chi connectivity index (χ0n) is 6.85. The third kappa shape index (κ3) is 2.23. The predicted molar refractivity (Wildman–Crippen MR) is 44.2 cm³/mol. The molecule has 82 valence electrons. The molecule has 0 saturated carbocycles. The molecule has 0 radical (unpaired) electrons. The number of nitrogens with zero attached hydrogens (tertiary/aromatic N) is 1. The summed E-state index contributed by atoms with van der Waals surface area (Å²) in [4.78, 5) is 45.8. The molecule has 0 aromatic heterocycles. The largest absolute Gasteiger partial charge is 0.432 e. The lowest BCUT2D eigenvalue weighted by Crippen LogP contribution is -2.26. The van der Waals surface area contributed by atoms with E-state index in [9.17, 15) is 13.9 Å². The molecule has 0 spiro atoms. The van der Waals surface area contributed by atoms with Gasteiger partial charge in [0, 0.05) is 6.54 Å². The topological polar surface area (TPSA) is 135 Å². The molecular weight excluding hydrogens is 236 g/mol. The molecule has 1 atom stereocenters. The second kappa shape index (κ2) is 3.41. The maximum absolute atomic E-state index is 11.1. The average molecular weight is 245 g/mol. The molecule has 0 bridgehead atoms. The van der Waals surface area contributed by atoms with Crippen molar-refractivity contribution in [2.75, 3.05) is 6.54 Å². The third-order valence-corrected chi connectivity index (χ3v) is 4.19. The second-order valence-corrected chi connectivity index (χ2v) is 6.18. The molecule has 1 amide bonds. The smallest absolute Gasteiger partial charge is 0.324 e. The van der Waals surface area contributed by atoms with E-state index in [1.165, 1.54) is 0 Å². The van der Waals surface area contributed by atoms with Crippen LogP contribution in [0.2, 0.25) is 0 Å². The van der Waals surface area contributed by atoms with Gasteiger partial charge in [0.15, 0.2) is 0 Å². The molecule has 4 N–H and O–H groups in total. The molecule has 1 aliphatic rings. The van der Waals surface area contributed by atoms with Crippen LogP contribution in [0.4, 0.5) is 0 Å². The molecular formula is C4H9NO7P2. The van der Waals surface area contributed by atoms with Crippen molar-refractivity contribution < 1.29 is 33.5 Å². The van der Waals surface area contributed by atoms with Crippen LogP contribution >= 0.6 is 15.3 Å². The van der Waals surface area contributed by atoms with Crippen LogP contribution in [-0.4, -0.2) is 42.4 Å². The van der Waals surface area contributed by atoms with E-state index in [0.717, 1.165) is 0 Å². The van der Waals surface area contributed by atoms with Gasteiger partial charge in [-0.2, -0.15) is 0 Å². The van der Waals surface area contributed by atoms with Crippen LogP contribution < -0.4 is 0 Å². The monoisotopic (exact) mass is 245 g/mol. The maximum Gasteiger partial charge on any atom is 0.432 e.